The number of hydrogen-bond donors (Lipinski definition) is 1. The van der Waals surface area contributed by atoms with Gasteiger partial charge in [-0.05, 0) is 24.6 Å². The maximum absolute atomic E-state index is 11.3. The highest BCUT2D eigenvalue weighted by Gasteiger charge is 2.08. The quantitative estimate of drug-likeness (QED) is 0.832. The van der Waals surface area contributed by atoms with Gasteiger partial charge in [-0.25, -0.2) is 13.1 Å². The standard InChI is InChI=1S/C11H17NO4S/c1-4-17(13,14)12-8-9-5-6-10(15-2)11(7-9)16-3/h5-7,12H,4,8H2,1-3H3. The molecule has 5 nitrogen and oxygen atoms in total. The van der Waals surface area contributed by atoms with Gasteiger partial charge in [0.05, 0.1) is 20.0 Å². The van der Waals surface area contributed by atoms with Gasteiger partial charge < -0.3 is 9.47 Å². The summed E-state index contributed by atoms with van der Waals surface area (Å²) in [5.41, 5.74) is 0.819. The number of nitrogens with one attached hydrogen (secondary N) is 1. The first-order chi connectivity index (χ1) is 8.02. The lowest BCUT2D eigenvalue weighted by Gasteiger charge is -2.10. The zero-order valence-electron chi connectivity index (χ0n) is 10.2. The van der Waals surface area contributed by atoms with Crippen LogP contribution in [0, 0.1) is 0 Å². The van der Waals surface area contributed by atoms with Crippen LogP contribution >= 0.6 is 0 Å². The van der Waals surface area contributed by atoms with Gasteiger partial charge in [-0.15, -0.1) is 0 Å². The molecule has 1 N–H and O–H groups in total. The second kappa shape index (κ2) is 5.88. The van der Waals surface area contributed by atoms with Crippen molar-refractivity contribution in [1.29, 1.82) is 0 Å². The average molecular weight is 259 g/mol. The van der Waals surface area contributed by atoms with Crippen molar-refractivity contribution < 1.29 is 17.9 Å². The summed E-state index contributed by atoms with van der Waals surface area (Å²) < 4.78 is 35.3. The fourth-order valence-corrected chi connectivity index (χ4v) is 1.88. The van der Waals surface area contributed by atoms with E-state index in [0.29, 0.717) is 11.5 Å². The van der Waals surface area contributed by atoms with Gasteiger partial charge in [-0.1, -0.05) is 6.07 Å². The molecular weight excluding hydrogens is 242 g/mol. The van der Waals surface area contributed by atoms with Crippen LogP contribution in [0.2, 0.25) is 0 Å². The molecule has 0 heterocycles. The molecule has 17 heavy (non-hydrogen) atoms. The van der Waals surface area contributed by atoms with Crippen molar-refractivity contribution in [2.45, 2.75) is 13.5 Å². The first kappa shape index (κ1) is 13.8. The Kier molecular flexibility index (Phi) is 4.77. The number of ether oxygens (including phenoxy) is 2. The molecule has 0 saturated heterocycles. The van der Waals surface area contributed by atoms with E-state index in [-0.39, 0.29) is 12.3 Å². The zero-order valence-corrected chi connectivity index (χ0v) is 11.0. The lowest BCUT2D eigenvalue weighted by atomic mass is 10.2. The highest BCUT2D eigenvalue weighted by atomic mass is 32.2. The summed E-state index contributed by atoms with van der Waals surface area (Å²) in [6, 6.07) is 5.28. The topological polar surface area (TPSA) is 64.6 Å². The molecule has 0 aliphatic heterocycles. The normalized spacial score (nSPS) is 11.2. The number of sulfonamides is 1. The number of benzene rings is 1. The summed E-state index contributed by atoms with van der Waals surface area (Å²) in [6.45, 7) is 1.84. The SMILES string of the molecule is CCS(=O)(=O)NCc1ccc(OC)c(OC)c1. The van der Waals surface area contributed by atoms with Gasteiger partial charge >= 0.3 is 0 Å². The Balaban J connectivity index is 2.80. The molecule has 0 aliphatic carbocycles. The molecule has 0 saturated carbocycles. The molecule has 0 fully saturated rings. The van der Waals surface area contributed by atoms with E-state index in [1.165, 1.54) is 7.11 Å². The predicted molar refractivity (Wildman–Crippen MR) is 65.8 cm³/mol. The van der Waals surface area contributed by atoms with E-state index in [4.69, 9.17) is 9.47 Å². The molecule has 1 aromatic carbocycles. The fraction of sp³-hybridized carbons (Fsp3) is 0.455. The van der Waals surface area contributed by atoms with E-state index in [2.05, 4.69) is 4.72 Å². The molecule has 0 radical (unpaired) electrons. The lowest BCUT2D eigenvalue weighted by Crippen LogP contribution is -2.24. The van der Waals surface area contributed by atoms with E-state index in [0.717, 1.165) is 5.56 Å². The van der Waals surface area contributed by atoms with E-state index in [9.17, 15) is 8.42 Å². The predicted octanol–water partition coefficient (Wildman–Crippen LogP) is 1.14. The minimum absolute atomic E-state index is 0.0697. The first-order valence-electron chi connectivity index (χ1n) is 5.20. The lowest BCUT2D eigenvalue weighted by molar-refractivity contribution is 0.354. The summed E-state index contributed by atoms with van der Waals surface area (Å²) in [5, 5.41) is 0. The van der Waals surface area contributed by atoms with Crippen LogP contribution in [0.15, 0.2) is 18.2 Å². The number of rotatable bonds is 6. The van der Waals surface area contributed by atoms with Crippen LogP contribution in [0.1, 0.15) is 12.5 Å². The molecule has 0 atom stereocenters. The minimum Gasteiger partial charge on any atom is -0.493 e. The van der Waals surface area contributed by atoms with Crippen LogP contribution in [-0.4, -0.2) is 28.4 Å². The maximum Gasteiger partial charge on any atom is 0.211 e. The Bertz CT molecular complexity index is 470. The molecule has 96 valence electrons. The van der Waals surface area contributed by atoms with Crippen molar-refractivity contribution in [3.8, 4) is 11.5 Å². The van der Waals surface area contributed by atoms with Crippen LogP contribution < -0.4 is 14.2 Å². The van der Waals surface area contributed by atoms with Gasteiger partial charge in [0.15, 0.2) is 11.5 Å². The van der Waals surface area contributed by atoms with Crippen molar-refractivity contribution >= 4 is 10.0 Å². The minimum atomic E-state index is -3.18. The Morgan fingerprint density at radius 1 is 1.18 bits per heavy atom. The van der Waals surface area contributed by atoms with Crippen molar-refractivity contribution in [3.05, 3.63) is 23.8 Å². The third-order valence-corrected chi connectivity index (χ3v) is 3.67. The summed E-state index contributed by atoms with van der Waals surface area (Å²) in [5.74, 6) is 1.27. The van der Waals surface area contributed by atoms with Crippen molar-refractivity contribution in [3.63, 3.8) is 0 Å². The van der Waals surface area contributed by atoms with E-state index in [1.807, 2.05) is 0 Å². The van der Waals surface area contributed by atoms with Crippen molar-refractivity contribution in [1.82, 2.24) is 4.72 Å². The Labute approximate surface area is 102 Å². The number of hydrogen-bond acceptors (Lipinski definition) is 4. The highest BCUT2D eigenvalue weighted by Crippen LogP contribution is 2.27. The molecule has 1 rings (SSSR count). The molecule has 0 amide bonds. The van der Waals surface area contributed by atoms with Gasteiger partial charge in [0, 0.05) is 6.54 Å². The summed E-state index contributed by atoms with van der Waals surface area (Å²) in [4.78, 5) is 0. The molecule has 6 heteroatoms. The summed E-state index contributed by atoms with van der Waals surface area (Å²) in [7, 11) is -0.0826. The smallest absolute Gasteiger partial charge is 0.211 e. The Morgan fingerprint density at radius 3 is 2.35 bits per heavy atom. The molecule has 0 spiro atoms. The summed E-state index contributed by atoms with van der Waals surface area (Å²) >= 11 is 0. The molecule has 1 aromatic rings. The molecule has 0 bridgehead atoms. The third-order valence-electron chi connectivity index (χ3n) is 2.32. The first-order valence-corrected chi connectivity index (χ1v) is 6.86. The van der Waals surface area contributed by atoms with Gasteiger partial charge in [0.2, 0.25) is 10.0 Å². The van der Waals surface area contributed by atoms with Crippen molar-refractivity contribution in [2.24, 2.45) is 0 Å². The Hall–Kier alpha value is -1.27. The second-order valence-corrected chi connectivity index (χ2v) is 5.51. The van der Waals surface area contributed by atoms with Crippen LogP contribution in [0.3, 0.4) is 0 Å². The van der Waals surface area contributed by atoms with Crippen LogP contribution in [0.25, 0.3) is 0 Å². The monoisotopic (exact) mass is 259 g/mol. The third kappa shape index (κ3) is 3.90. The largest absolute Gasteiger partial charge is 0.493 e. The van der Waals surface area contributed by atoms with E-state index in [1.54, 1.807) is 32.2 Å². The van der Waals surface area contributed by atoms with Crippen molar-refractivity contribution in [2.75, 3.05) is 20.0 Å². The maximum atomic E-state index is 11.3. The molecule has 0 aromatic heterocycles. The summed E-state index contributed by atoms with van der Waals surface area (Å²) in [6.07, 6.45) is 0. The van der Waals surface area contributed by atoms with Gasteiger partial charge in [-0.3, -0.25) is 0 Å². The van der Waals surface area contributed by atoms with Crippen LogP contribution in [0.5, 0.6) is 11.5 Å². The molecular formula is C11H17NO4S. The molecule has 0 unspecified atom stereocenters. The van der Waals surface area contributed by atoms with E-state index >= 15 is 0 Å². The van der Waals surface area contributed by atoms with E-state index < -0.39 is 10.0 Å². The fourth-order valence-electron chi connectivity index (χ4n) is 1.29. The second-order valence-electron chi connectivity index (χ2n) is 3.41. The van der Waals surface area contributed by atoms with Gasteiger partial charge in [0.25, 0.3) is 0 Å². The average Bonchev–Trinajstić information content (AvgIpc) is 2.36. The van der Waals surface area contributed by atoms with Crippen LogP contribution in [-0.2, 0) is 16.6 Å². The zero-order chi connectivity index (χ0) is 12.9. The van der Waals surface area contributed by atoms with Gasteiger partial charge in [0.1, 0.15) is 0 Å². The van der Waals surface area contributed by atoms with Gasteiger partial charge in [-0.2, -0.15) is 0 Å². The molecule has 0 aliphatic rings. The number of methoxy groups -OCH3 is 2. The highest BCUT2D eigenvalue weighted by molar-refractivity contribution is 7.89. The van der Waals surface area contributed by atoms with Crippen LogP contribution in [0.4, 0.5) is 0 Å². The Morgan fingerprint density at radius 2 is 1.82 bits per heavy atom.